The highest BCUT2D eigenvalue weighted by molar-refractivity contribution is 5.27. The number of hydrogen-bond donors (Lipinski definition) is 2. The molecule has 2 bridgehead atoms. The van der Waals surface area contributed by atoms with Crippen molar-refractivity contribution < 1.29 is 18.3 Å². The largest absolute Gasteiger partial charge is 0.416 e. The molecule has 2 aliphatic rings. The van der Waals surface area contributed by atoms with Crippen molar-refractivity contribution in [3.63, 3.8) is 0 Å². The van der Waals surface area contributed by atoms with Crippen molar-refractivity contribution in [1.29, 1.82) is 0 Å². The molecule has 2 fully saturated rings. The van der Waals surface area contributed by atoms with Crippen LogP contribution in [0, 0.1) is 0 Å². The standard InChI is InChI=1S/C16H20F3NO/c17-16(18,19)12-4-1-3-11(7-12)8-15(21)9-13-5-2-6-14(10-15)20-13/h1,3-4,7,13-14,20-21H,2,5-6,8-10H2. The van der Waals surface area contributed by atoms with Crippen molar-refractivity contribution in [3.05, 3.63) is 35.4 Å². The molecule has 21 heavy (non-hydrogen) atoms. The first kappa shape index (κ1) is 14.9. The predicted molar refractivity (Wildman–Crippen MR) is 73.9 cm³/mol. The van der Waals surface area contributed by atoms with Crippen LogP contribution in [0.4, 0.5) is 13.2 Å². The van der Waals surface area contributed by atoms with E-state index in [1.54, 1.807) is 6.07 Å². The molecule has 2 aliphatic heterocycles. The van der Waals surface area contributed by atoms with E-state index in [2.05, 4.69) is 5.32 Å². The van der Waals surface area contributed by atoms with Crippen LogP contribution in [0.15, 0.2) is 24.3 Å². The Labute approximate surface area is 122 Å². The highest BCUT2D eigenvalue weighted by Crippen LogP contribution is 2.36. The molecule has 3 rings (SSSR count). The zero-order valence-corrected chi connectivity index (χ0v) is 11.8. The van der Waals surface area contributed by atoms with Crippen molar-refractivity contribution in [3.8, 4) is 0 Å². The Morgan fingerprint density at radius 2 is 1.86 bits per heavy atom. The minimum absolute atomic E-state index is 0.297. The van der Waals surface area contributed by atoms with Crippen molar-refractivity contribution in [1.82, 2.24) is 5.32 Å². The third-order valence-electron chi connectivity index (χ3n) is 4.62. The molecule has 1 aromatic carbocycles. The zero-order valence-electron chi connectivity index (χ0n) is 11.8. The van der Waals surface area contributed by atoms with E-state index < -0.39 is 17.3 Å². The quantitative estimate of drug-likeness (QED) is 0.878. The third-order valence-corrected chi connectivity index (χ3v) is 4.62. The van der Waals surface area contributed by atoms with Gasteiger partial charge in [0, 0.05) is 18.5 Å². The molecule has 2 nitrogen and oxygen atoms in total. The molecule has 1 aromatic rings. The molecule has 5 heteroatoms. The Bertz CT molecular complexity index is 502. The van der Waals surface area contributed by atoms with Crippen molar-refractivity contribution in [2.75, 3.05) is 0 Å². The minimum Gasteiger partial charge on any atom is -0.389 e. The Morgan fingerprint density at radius 3 is 2.48 bits per heavy atom. The van der Waals surface area contributed by atoms with Crippen LogP contribution in [-0.2, 0) is 12.6 Å². The summed E-state index contributed by atoms with van der Waals surface area (Å²) in [6.45, 7) is 0. The Balaban J connectivity index is 1.76. The topological polar surface area (TPSA) is 32.3 Å². The van der Waals surface area contributed by atoms with Gasteiger partial charge in [-0.25, -0.2) is 0 Å². The normalized spacial score (nSPS) is 33.0. The summed E-state index contributed by atoms with van der Waals surface area (Å²) in [7, 11) is 0. The van der Waals surface area contributed by atoms with E-state index in [4.69, 9.17) is 0 Å². The molecule has 2 atom stereocenters. The van der Waals surface area contributed by atoms with Crippen LogP contribution in [0.3, 0.4) is 0 Å². The Kier molecular flexibility index (Phi) is 3.74. The number of aliphatic hydroxyl groups is 1. The second kappa shape index (κ2) is 5.29. The van der Waals surface area contributed by atoms with E-state index in [1.807, 2.05) is 0 Å². The van der Waals surface area contributed by atoms with Crippen LogP contribution in [0.25, 0.3) is 0 Å². The average Bonchev–Trinajstić information content (AvgIpc) is 2.36. The molecule has 2 saturated heterocycles. The summed E-state index contributed by atoms with van der Waals surface area (Å²) in [5.74, 6) is 0. The summed E-state index contributed by atoms with van der Waals surface area (Å²) in [6, 6.07) is 5.93. The maximum atomic E-state index is 12.8. The number of piperidine rings is 2. The van der Waals surface area contributed by atoms with Crippen LogP contribution in [0.5, 0.6) is 0 Å². The van der Waals surface area contributed by atoms with E-state index in [1.165, 1.54) is 12.5 Å². The van der Waals surface area contributed by atoms with E-state index in [0.717, 1.165) is 25.0 Å². The van der Waals surface area contributed by atoms with Gasteiger partial charge < -0.3 is 10.4 Å². The van der Waals surface area contributed by atoms with Gasteiger partial charge in [-0.3, -0.25) is 0 Å². The van der Waals surface area contributed by atoms with Gasteiger partial charge in [0.1, 0.15) is 0 Å². The molecule has 2 N–H and O–H groups in total. The van der Waals surface area contributed by atoms with Gasteiger partial charge in [0.05, 0.1) is 11.2 Å². The maximum Gasteiger partial charge on any atom is 0.416 e. The number of fused-ring (bicyclic) bond motifs is 2. The molecule has 0 radical (unpaired) electrons. The summed E-state index contributed by atoms with van der Waals surface area (Å²) in [5, 5.41) is 14.3. The molecular formula is C16H20F3NO. The summed E-state index contributed by atoms with van der Waals surface area (Å²) < 4.78 is 38.3. The molecule has 0 aromatic heterocycles. The smallest absolute Gasteiger partial charge is 0.389 e. The van der Waals surface area contributed by atoms with Crippen LogP contribution >= 0.6 is 0 Å². The first-order chi connectivity index (χ1) is 9.84. The van der Waals surface area contributed by atoms with Crippen molar-refractivity contribution in [2.45, 2.75) is 62.4 Å². The van der Waals surface area contributed by atoms with Gasteiger partial charge in [-0.05, 0) is 37.3 Å². The van der Waals surface area contributed by atoms with Gasteiger partial charge >= 0.3 is 6.18 Å². The minimum atomic E-state index is -4.33. The monoisotopic (exact) mass is 299 g/mol. The number of alkyl halides is 3. The number of halogens is 3. The van der Waals surface area contributed by atoms with Crippen molar-refractivity contribution >= 4 is 0 Å². The summed E-state index contributed by atoms with van der Waals surface area (Å²) in [6.07, 6.45) is 0.471. The molecule has 2 heterocycles. The molecule has 0 amide bonds. The van der Waals surface area contributed by atoms with Gasteiger partial charge in [0.15, 0.2) is 0 Å². The first-order valence-electron chi connectivity index (χ1n) is 7.49. The van der Waals surface area contributed by atoms with Gasteiger partial charge in [-0.1, -0.05) is 24.6 Å². The van der Waals surface area contributed by atoms with E-state index >= 15 is 0 Å². The van der Waals surface area contributed by atoms with E-state index in [9.17, 15) is 18.3 Å². The van der Waals surface area contributed by atoms with Crippen LogP contribution in [0.2, 0.25) is 0 Å². The van der Waals surface area contributed by atoms with Gasteiger partial charge in [-0.15, -0.1) is 0 Å². The first-order valence-corrected chi connectivity index (χ1v) is 7.49. The molecule has 116 valence electrons. The third kappa shape index (κ3) is 3.40. The summed E-state index contributed by atoms with van der Waals surface area (Å²) in [4.78, 5) is 0. The Morgan fingerprint density at radius 1 is 1.19 bits per heavy atom. The van der Waals surface area contributed by atoms with Gasteiger partial charge in [-0.2, -0.15) is 13.2 Å². The fourth-order valence-electron chi connectivity index (χ4n) is 3.82. The predicted octanol–water partition coefficient (Wildman–Crippen LogP) is 3.28. The average molecular weight is 299 g/mol. The second-order valence-electron chi connectivity index (χ2n) is 6.50. The second-order valence-corrected chi connectivity index (χ2v) is 6.50. The van der Waals surface area contributed by atoms with Crippen LogP contribution in [0.1, 0.15) is 43.2 Å². The lowest BCUT2D eigenvalue weighted by Crippen LogP contribution is -2.56. The molecule has 0 saturated carbocycles. The molecular weight excluding hydrogens is 279 g/mol. The highest BCUT2D eigenvalue weighted by Gasteiger charge is 2.40. The fraction of sp³-hybridized carbons (Fsp3) is 0.625. The molecule has 0 spiro atoms. The SMILES string of the molecule is OC1(Cc2cccc(C(F)(F)F)c2)CC2CCCC(C1)N2. The lowest BCUT2D eigenvalue weighted by atomic mass is 9.74. The zero-order chi connectivity index (χ0) is 15.1. The van der Waals surface area contributed by atoms with Crippen LogP contribution in [-0.4, -0.2) is 22.8 Å². The highest BCUT2D eigenvalue weighted by atomic mass is 19.4. The van der Waals surface area contributed by atoms with E-state index in [0.29, 0.717) is 36.9 Å². The lowest BCUT2D eigenvalue weighted by molar-refractivity contribution is -0.137. The summed E-state index contributed by atoms with van der Waals surface area (Å²) >= 11 is 0. The van der Waals surface area contributed by atoms with E-state index in [-0.39, 0.29) is 0 Å². The number of nitrogens with one attached hydrogen (secondary N) is 1. The lowest BCUT2D eigenvalue weighted by Gasteiger charge is -2.45. The van der Waals surface area contributed by atoms with Gasteiger partial charge in [0.2, 0.25) is 0 Å². The number of benzene rings is 1. The van der Waals surface area contributed by atoms with Crippen molar-refractivity contribution in [2.24, 2.45) is 0 Å². The molecule has 0 aliphatic carbocycles. The number of hydrogen-bond acceptors (Lipinski definition) is 2. The van der Waals surface area contributed by atoms with Gasteiger partial charge in [0.25, 0.3) is 0 Å². The maximum absolute atomic E-state index is 12.8. The molecule has 2 unspecified atom stereocenters. The Hall–Kier alpha value is -1.07. The number of rotatable bonds is 2. The summed E-state index contributed by atoms with van der Waals surface area (Å²) in [5.41, 5.74) is -0.962. The fourth-order valence-corrected chi connectivity index (χ4v) is 3.82. The van der Waals surface area contributed by atoms with Crippen LogP contribution < -0.4 is 5.32 Å².